The average Bonchev–Trinajstić information content (AvgIpc) is 2.98. The molecule has 43 heavy (non-hydrogen) atoms. The molecular weight excluding hydrogens is 575 g/mol. The van der Waals surface area contributed by atoms with Gasteiger partial charge in [0.1, 0.15) is 12.2 Å². The largest absolute Gasteiger partial charge is 0.472 e. The van der Waals surface area contributed by atoms with Crippen LogP contribution in [0, 0.1) is 0 Å². The van der Waals surface area contributed by atoms with Gasteiger partial charge in [0.15, 0.2) is 0 Å². The van der Waals surface area contributed by atoms with Crippen LogP contribution in [0.5, 0.6) is 0 Å². The second-order valence-corrected chi connectivity index (χ2v) is 12.3. The molecular formula is C32H59O10P. The third-order valence-corrected chi connectivity index (χ3v) is 7.67. The quantitative estimate of drug-likeness (QED) is 0.0323. The first-order chi connectivity index (χ1) is 20.7. The molecule has 3 unspecified atom stereocenters. The first-order valence-corrected chi connectivity index (χ1v) is 17.7. The van der Waals surface area contributed by atoms with Crippen LogP contribution in [0.2, 0.25) is 0 Å². The fourth-order valence-electron chi connectivity index (χ4n) is 4.26. The monoisotopic (exact) mass is 634 g/mol. The Balaban J connectivity index is 3.72. The number of phosphoric acid groups is 1. The van der Waals surface area contributed by atoms with Crippen molar-refractivity contribution >= 4 is 19.8 Å². The second-order valence-electron chi connectivity index (χ2n) is 10.9. The van der Waals surface area contributed by atoms with Gasteiger partial charge in [0.25, 0.3) is 0 Å². The van der Waals surface area contributed by atoms with Crippen molar-refractivity contribution in [3.63, 3.8) is 0 Å². The van der Waals surface area contributed by atoms with Crippen LogP contribution in [-0.4, -0.2) is 65.7 Å². The number of unbranched alkanes of at least 4 members (excludes halogenated alkanes) is 14. The van der Waals surface area contributed by atoms with Crippen molar-refractivity contribution in [2.45, 2.75) is 142 Å². The van der Waals surface area contributed by atoms with E-state index < -0.39 is 58.4 Å². The number of rotatable bonds is 30. The molecule has 10 nitrogen and oxygen atoms in total. The lowest BCUT2D eigenvalue weighted by molar-refractivity contribution is -0.153. The fraction of sp³-hybridized carbons (Fsp3) is 0.812. The van der Waals surface area contributed by atoms with Gasteiger partial charge >= 0.3 is 19.8 Å². The lowest BCUT2D eigenvalue weighted by Crippen LogP contribution is -2.28. The summed E-state index contributed by atoms with van der Waals surface area (Å²) in [6, 6.07) is 0. The molecule has 3 atom stereocenters. The third kappa shape index (κ3) is 28.9. The Labute approximate surface area is 259 Å². The Hall–Kier alpha value is -1.55. The van der Waals surface area contributed by atoms with Crippen molar-refractivity contribution in [2.75, 3.05) is 26.4 Å². The van der Waals surface area contributed by atoms with E-state index in [9.17, 15) is 24.2 Å². The van der Waals surface area contributed by atoms with Crippen LogP contribution < -0.4 is 0 Å². The molecule has 0 radical (unpaired) electrons. The Morgan fingerprint density at radius 2 is 1.12 bits per heavy atom. The van der Waals surface area contributed by atoms with Crippen molar-refractivity contribution in [1.82, 2.24) is 0 Å². The van der Waals surface area contributed by atoms with Crippen LogP contribution in [0.25, 0.3) is 0 Å². The van der Waals surface area contributed by atoms with Gasteiger partial charge in [-0.15, -0.1) is 0 Å². The summed E-state index contributed by atoms with van der Waals surface area (Å²) < 4.78 is 31.2. The third-order valence-electron chi connectivity index (χ3n) is 6.72. The molecule has 0 aromatic carbocycles. The number of allylic oxidation sites excluding steroid dienone is 4. The number of aliphatic hydroxyl groups excluding tert-OH is 2. The van der Waals surface area contributed by atoms with Crippen molar-refractivity contribution < 1.29 is 47.8 Å². The predicted octanol–water partition coefficient (Wildman–Crippen LogP) is 7.10. The molecule has 0 aromatic heterocycles. The minimum absolute atomic E-state index is 0.187. The van der Waals surface area contributed by atoms with Crippen LogP contribution in [0.4, 0.5) is 0 Å². The van der Waals surface area contributed by atoms with Gasteiger partial charge < -0.3 is 24.6 Å². The molecule has 252 valence electrons. The summed E-state index contributed by atoms with van der Waals surface area (Å²) in [7, 11) is -4.58. The van der Waals surface area contributed by atoms with Gasteiger partial charge in [-0.1, -0.05) is 102 Å². The van der Waals surface area contributed by atoms with Crippen LogP contribution in [0.3, 0.4) is 0 Å². The van der Waals surface area contributed by atoms with Gasteiger partial charge in [0, 0.05) is 13.3 Å². The van der Waals surface area contributed by atoms with E-state index in [1.54, 1.807) is 0 Å². The fourth-order valence-corrected chi connectivity index (χ4v) is 5.04. The summed E-state index contributed by atoms with van der Waals surface area (Å²) in [5, 5.41) is 18.5. The van der Waals surface area contributed by atoms with Crippen LogP contribution >= 0.6 is 7.82 Å². The van der Waals surface area contributed by atoms with E-state index in [-0.39, 0.29) is 6.42 Å². The summed E-state index contributed by atoms with van der Waals surface area (Å²) in [6.07, 6.45) is 27.1. The van der Waals surface area contributed by atoms with Crippen molar-refractivity contribution in [3.05, 3.63) is 24.3 Å². The molecule has 3 N–H and O–H groups in total. The molecule has 0 aromatic rings. The molecule has 0 aliphatic heterocycles. The zero-order valence-corrected chi connectivity index (χ0v) is 27.6. The highest BCUT2D eigenvalue weighted by Crippen LogP contribution is 2.43. The highest BCUT2D eigenvalue weighted by atomic mass is 31.2. The predicted molar refractivity (Wildman–Crippen MR) is 168 cm³/mol. The topological polar surface area (TPSA) is 149 Å². The number of carbonyl (C=O) groups excluding carboxylic acids is 2. The summed E-state index contributed by atoms with van der Waals surface area (Å²) in [6.45, 7) is 1.05. The van der Waals surface area contributed by atoms with Crippen LogP contribution in [-0.2, 0) is 32.7 Å². The van der Waals surface area contributed by atoms with Gasteiger partial charge in [0.05, 0.1) is 26.4 Å². The number of phosphoric ester groups is 1. The Morgan fingerprint density at radius 3 is 1.58 bits per heavy atom. The molecule has 0 fully saturated rings. The number of esters is 2. The SMILES string of the molecule is CCCCCCC/C=C\C/C=C\CCCCCCCCCCCC(=O)OC(CO)COP(=O)(O)OCC(CO)OC(C)=O. The van der Waals surface area contributed by atoms with Gasteiger partial charge in [-0.05, 0) is 38.5 Å². The molecule has 0 aliphatic rings. The minimum Gasteiger partial charge on any atom is -0.458 e. The number of carbonyl (C=O) groups is 2. The molecule has 0 saturated carbocycles. The molecule has 0 spiro atoms. The second kappa shape index (κ2) is 29.2. The van der Waals surface area contributed by atoms with E-state index >= 15 is 0 Å². The van der Waals surface area contributed by atoms with Crippen LogP contribution in [0.1, 0.15) is 129 Å². The summed E-state index contributed by atoms with van der Waals surface area (Å²) in [5.74, 6) is -1.20. The summed E-state index contributed by atoms with van der Waals surface area (Å²) >= 11 is 0. The van der Waals surface area contributed by atoms with Crippen molar-refractivity contribution in [1.29, 1.82) is 0 Å². The smallest absolute Gasteiger partial charge is 0.458 e. The van der Waals surface area contributed by atoms with Gasteiger partial charge in [0.2, 0.25) is 0 Å². The van der Waals surface area contributed by atoms with Crippen LogP contribution in [0.15, 0.2) is 24.3 Å². The van der Waals surface area contributed by atoms with Gasteiger partial charge in [-0.25, -0.2) is 4.57 Å². The maximum Gasteiger partial charge on any atom is 0.472 e. The van der Waals surface area contributed by atoms with E-state index in [0.29, 0.717) is 6.42 Å². The molecule has 0 amide bonds. The summed E-state index contributed by atoms with van der Waals surface area (Å²) in [5.41, 5.74) is 0. The Bertz CT molecular complexity index is 786. The van der Waals surface area contributed by atoms with E-state index in [0.717, 1.165) is 39.0 Å². The van der Waals surface area contributed by atoms with Gasteiger partial charge in [-0.3, -0.25) is 18.6 Å². The zero-order valence-electron chi connectivity index (χ0n) is 26.7. The van der Waals surface area contributed by atoms with E-state index in [1.165, 1.54) is 70.6 Å². The average molecular weight is 635 g/mol. The molecule has 0 heterocycles. The first-order valence-electron chi connectivity index (χ1n) is 16.2. The highest BCUT2D eigenvalue weighted by Gasteiger charge is 2.27. The van der Waals surface area contributed by atoms with Crippen molar-refractivity contribution in [2.24, 2.45) is 0 Å². The van der Waals surface area contributed by atoms with Crippen molar-refractivity contribution in [3.8, 4) is 0 Å². The van der Waals surface area contributed by atoms with E-state index in [2.05, 4.69) is 35.8 Å². The number of hydrogen-bond acceptors (Lipinski definition) is 9. The van der Waals surface area contributed by atoms with Gasteiger partial charge in [-0.2, -0.15) is 0 Å². The maximum atomic E-state index is 12.1. The molecule has 0 rings (SSSR count). The Kier molecular flexibility index (Phi) is 28.1. The normalized spacial score (nSPS) is 14.6. The zero-order chi connectivity index (χ0) is 32.0. The minimum atomic E-state index is -4.58. The molecule has 0 bridgehead atoms. The standard InChI is InChI=1S/C32H59O10P/c1-3-4-5-6-7-8-9-10-11-12-13-14-15-16-17-18-19-20-21-22-23-24-32(36)42-31(26-34)28-40-43(37,38)39-27-30(25-33)41-29(2)35/h9-10,12-13,30-31,33-34H,3-8,11,14-28H2,1-2H3,(H,37,38)/b10-9-,13-12-. The Morgan fingerprint density at radius 1 is 0.674 bits per heavy atom. The molecule has 11 heteroatoms. The lowest BCUT2D eigenvalue weighted by atomic mass is 10.1. The molecule has 0 aliphatic carbocycles. The number of aliphatic hydroxyl groups is 2. The highest BCUT2D eigenvalue weighted by molar-refractivity contribution is 7.47. The number of hydrogen-bond donors (Lipinski definition) is 3. The van der Waals surface area contributed by atoms with E-state index in [4.69, 9.17) is 19.1 Å². The summed E-state index contributed by atoms with van der Waals surface area (Å²) in [4.78, 5) is 32.7. The van der Waals surface area contributed by atoms with E-state index in [1.807, 2.05) is 0 Å². The lowest BCUT2D eigenvalue weighted by Gasteiger charge is -2.20. The molecule has 0 saturated heterocycles. The first kappa shape index (κ1) is 41.4. The number of ether oxygens (including phenoxy) is 2. The maximum absolute atomic E-state index is 12.1.